The van der Waals surface area contributed by atoms with Crippen LogP contribution >= 0.6 is 0 Å². The van der Waals surface area contributed by atoms with Gasteiger partial charge in [0, 0.05) is 6.42 Å². The second kappa shape index (κ2) is 3.78. The Morgan fingerprint density at radius 2 is 2.31 bits per heavy atom. The Kier molecular flexibility index (Phi) is 2.92. The largest absolute Gasteiger partial charge is 0.469 e. The van der Waals surface area contributed by atoms with Gasteiger partial charge in [-0.3, -0.25) is 4.79 Å². The van der Waals surface area contributed by atoms with Gasteiger partial charge in [0.05, 0.1) is 18.6 Å². The van der Waals surface area contributed by atoms with Crippen LogP contribution in [0.4, 0.5) is 0 Å². The average molecular weight is 181 g/mol. The van der Waals surface area contributed by atoms with Gasteiger partial charge in [0.15, 0.2) is 0 Å². The minimum absolute atomic E-state index is 0.124. The van der Waals surface area contributed by atoms with E-state index in [2.05, 4.69) is 10.8 Å². The van der Waals surface area contributed by atoms with E-state index in [0.717, 1.165) is 19.3 Å². The molecule has 0 N–H and O–H groups in total. The van der Waals surface area contributed by atoms with E-state index in [-0.39, 0.29) is 17.3 Å². The summed E-state index contributed by atoms with van der Waals surface area (Å²) in [6.45, 7) is 1.96. The number of nitriles is 1. The van der Waals surface area contributed by atoms with Crippen molar-refractivity contribution >= 4 is 5.97 Å². The maximum absolute atomic E-state index is 11.0. The summed E-state index contributed by atoms with van der Waals surface area (Å²) in [6, 6.07) is 2.34. The van der Waals surface area contributed by atoms with Gasteiger partial charge in [-0.15, -0.1) is 0 Å². The second-order valence-electron chi connectivity index (χ2n) is 3.80. The number of esters is 1. The number of methoxy groups -OCH3 is 1. The third kappa shape index (κ3) is 1.82. The molecule has 0 heterocycles. The number of hydrogen-bond donors (Lipinski definition) is 0. The lowest BCUT2D eigenvalue weighted by Gasteiger charge is -2.40. The number of hydrogen-bond acceptors (Lipinski definition) is 3. The van der Waals surface area contributed by atoms with Crippen molar-refractivity contribution in [1.82, 2.24) is 0 Å². The first-order valence-corrected chi connectivity index (χ1v) is 4.63. The number of rotatable bonds is 3. The van der Waals surface area contributed by atoms with Gasteiger partial charge in [0.2, 0.25) is 0 Å². The molecule has 0 aromatic heterocycles. The summed E-state index contributed by atoms with van der Waals surface area (Å²) in [4.78, 5) is 11.0. The molecular formula is C10H15NO2. The van der Waals surface area contributed by atoms with Gasteiger partial charge in [-0.25, -0.2) is 0 Å². The first-order chi connectivity index (χ1) is 6.14. The third-order valence-electron chi connectivity index (χ3n) is 3.11. The van der Waals surface area contributed by atoms with Crippen LogP contribution in [0.3, 0.4) is 0 Å². The lowest BCUT2D eigenvalue weighted by molar-refractivity contribution is -0.142. The summed E-state index contributed by atoms with van der Waals surface area (Å²) in [5.74, 6) is -0.0901. The van der Waals surface area contributed by atoms with Crippen LogP contribution < -0.4 is 0 Å². The Morgan fingerprint density at radius 3 is 2.62 bits per heavy atom. The Balaban J connectivity index is 2.51. The zero-order valence-corrected chi connectivity index (χ0v) is 8.17. The zero-order chi connectivity index (χ0) is 9.90. The van der Waals surface area contributed by atoms with E-state index in [1.165, 1.54) is 7.11 Å². The Hall–Kier alpha value is -1.04. The SMILES string of the molecule is COC(=O)C[C@@H](C)C1(C#N)CCC1. The summed E-state index contributed by atoms with van der Waals surface area (Å²) in [6.07, 6.45) is 3.34. The summed E-state index contributed by atoms with van der Waals surface area (Å²) in [7, 11) is 1.38. The predicted octanol–water partition coefficient (Wildman–Crippen LogP) is 1.88. The van der Waals surface area contributed by atoms with E-state index in [1.807, 2.05) is 6.92 Å². The maximum Gasteiger partial charge on any atom is 0.305 e. The van der Waals surface area contributed by atoms with E-state index in [1.54, 1.807) is 0 Å². The molecule has 13 heavy (non-hydrogen) atoms. The molecular weight excluding hydrogens is 166 g/mol. The molecule has 1 fully saturated rings. The molecule has 0 spiro atoms. The van der Waals surface area contributed by atoms with Crippen LogP contribution in [0.15, 0.2) is 0 Å². The van der Waals surface area contributed by atoms with Crippen LogP contribution in [0.25, 0.3) is 0 Å². The molecule has 0 amide bonds. The molecule has 0 unspecified atom stereocenters. The van der Waals surface area contributed by atoms with Crippen LogP contribution in [0.1, 0.15) is 32.6 Å². The third-order valence-corrected chi connectivity index (χ3v) is 3.11. The van der Waals surface area contributed by atoms with Crippen molar-refractivity contribution in [2.45, 2.75) is 32.6 Å². The van der Waals surface area contributed by atoms with Gasteiger partial charge in [0.1, 0.15) is 0 Å². The number of carbonyl (C=O) groups excluding carboxylic acids is 1. The molecule has 0 bridgehead atoms. The fourth-order valence-electron chi connectivity index (χ4n) is 1.80. The van der Waals surface area contributed by atoms with Crippen molar-refractivity contribution in [2.75, 3.05) is 7.11 Å². The first kappa shape index (κ1) is 10.0. The molecule has 72 valence electrons. The van der Waals surface area contributed by atoms with Gasteiger partial charge in [-0.1, -0.05) is 13.3 Å². The maximum atomic E-state index is 11.0. The molecule has 1 rings (SSSR count). The molecule has 0 aromatic carbocycles. The molecule has 3 heteroatoms. The van der Waals surface area contributed by atoms with Crippen LogP contribution in [-0.2, 0) is 9.53 Å². The topological polar surface area (TPSA) is 50.1 Å². The number of nitrogens with zero attached hydrogens (tertiary/aromatic N) is 1. The molecule has 1 saturated carbocycles. The van der Waals surface area contributed by atoms with E-state index < -0.39 is 0 Å². The minimum atomic E-state index is -0.242. The smallest absolute Gasteiger partial charge is 0.305 e. The minimum Gasteiger partial charge on any atom is -0.469 e. The molecule has 3 nitrogen and oxygen atoms in total. The van der Waals surface area contributed by atoms with Gasteiger partial charge in [-0.2, -0.15) is 5.26 Å². The van der Waals surface area contributed by atoms with E-state index in [0.29, 0.717) is 6.42 Å². The lowest BCUT2D eigenvalue weighted by Crippen LogP contribution is -2.35. The van der Waals surface area contributed by atoms with E-state index in [9.17, 15) is 4.79 Å². The van der Waals surface area contributed by atoms with Crippen molar-refractivity contribution in [1.29, 1.82) is 5.26 Å². The quantitative estimate of drug-likeness (QED) is 0.624. The normalized spacial score (nSPS) is 21.0. The summed E-state index contributed by atoms with van der Waals surface area (Å²) < 4.78 is 4.58. The monoisotopic (exact) mass is 181 g/mol. The Labute approximate surface area is 78.7 Å². The first-order valence-electron chi connectivity index (χ1n) is 4.63. The average Bonchev–Trinajstić information content (AvgIpc) is 2.03. The van der Waals surface area contributed by atoms with Gasteiger partial charge < -0.3 is 4.74 Å². The Morgan fingerprint density at radius 1 is 1.69 bits per heavy atom. The van der Waals surface area contributed by atoms with Gasteiger partial charge in [-0.05, 0) is 18.8 Å². The van der Waals surface area contributed by atoms with Crippen LogP contribution in [-0.4, -0.2) is 13.1 Å². The fraction of sp³-hybridized carbons (Fsp3) is 0.800. The summed E-state index contributed by atoms with van der Waals surface area (Å²) in [5.41, 5.74) is -0.242. The molecule has 1 aliphatic rings. The summed E-state index contributed by atoms with van der Waals surface area (Å²) >= 11 is 0. The molecule has 1 atom stereocenters. The highest BCUT2D eigenvalue weighted by atomic mass is 16.5. The lowest BCUT2D eigenvalue weighted by atomic mass is 9.62. The standard InChI is InChI=1S/C10H15NO2/c1-8(6-9(12)13-2)10(7-11)4-3-5-10/h8H,3-6H2,1-2H3/t8-/m1/s1. The van der Waals surface area contributed by atoms with Gasteiger partial charge >= 0.3 is 5.97 Å². The highest BCUT2D eigenvalue weighted by Gasteiger charge is 2.42. The zero-order valence-electron chi connectivity index (χ0n) is 8.17. The van der Waals surface area contributed by atoms with E-state index in [4.69, 9.17) is 5.26 Å². The van der Waals surface area contributed by atoms with Crippen LogP contribution in [0.5, 0.6) is 0 Å². The van der Waals surface area contributed by atoms with Crippen LogP contribution in [0.2, 0.25) is 0 Å². The molecule has 0 saturated heterocycles. The van der Waals surface area contributed by atoms with Crippen molar-refractivity contribution in [3.8, 4) is 6.07 Å². The fourth-order valence-corrected chi connectivity index (χ4v) is 1.80. The van der Waals surface area contributed by atoms with Crippen molar-refractivity contribution in [3.63, 3.8) is 0 Å². The molecule has 1 aliphatic carbocycles. The van der Waals surface area contributed by atoms with Crippen molar-refractivity contribution in [3.05, 3.63) is 0 Å². The second-order valence-corrected chi connectivity index (χ2v) is 3.80. The molecule has 0 radical (unpaired) electrons. The Bertz CT molecular complexity index is 238. The summed E-state index contributed by atoms with van der Waals surface area (Å²) in [5, 5.41) is 8.99. The predicted molar refractivity (Wildman–Crippen MR) is 47.7 cm³/mol. The number of ether oxygens (including phenoxy) is 1. The van der Waals surface area contributed by atoms with E-state index >= 15 is 0 Å². The van der Waals surface area contributed by atoms with Crippen LogP contribution in [0, 0.1) is 22.7 Å². The van der Waals surface area contributed by atoms with Gasteiger partial charge in [0.25, 0.3) is 0 Å². The van der Waals surface area contributed by atoms with Crippen molar-refractivity contribution < 1.29 is 9.53 Å². The molecule has 0 aliphatic heterocycles. The number of carbonyl (C=O) groups is 1. The molecule has 0 aromatic rings. The highest BCUT2D eigenvalue weighted by molar-refractivity contribution is 5.69. The highest BCUT2D eigenvalue weighted by Crippen LogP contribution is 2.47. The van der Waals surface area contributed by atoms with Crippen molar-refractivity contribution in [2.24, 2.45) is 11.3 Å².